The van der Waals surface area contributed by atoms with Crippen molar-refractivity contribution in [1.29, 1.82) is 5.26 Å². The van der Waals surface area contributed by atoms with Crippen LogP contribution in [0.5, 0.6) is 0 Å². The molecule has 1 N–H and O–H groups in total. The molecule has 0 saturated carbocycles. The van der Waals surface area contributed by atoms with Crippen LogP contribution in [0.1, 0.15) is 26.7 Å². The number of nitrogens with zero attached hydrogens (tertiary/aromatic N) is 2. The molecule has 0 unspecified atom stereocenters. The fourth-order valence-electron chi connectivity index (χ4n) is 1.80. The molecule has 1 aliphatic heterocycles. The van der Waals surface area contributed by atoms with Crippen LogP contribution >= 0.6 is 0 Å². The summed E-state index contributed by atoms with van der Waals surface area (Å²) in [5.41, 5.74) is 0. The minimum atomic E-state index is 0.101. The highest BCUT2D eigenvalue weighted by Gasteiger charge is 2.20. The van der Waals surface area contributed by atoms with Crippen LogP contribution < -0.4 is 5.32 Å². The number of nitrogens with one attached hydrogen (secondary N) is 1. The summed E-state index contributed by atoms with van der Waals surface area (Å²) < 4.78 is 0. The van der Waals surface area contributed by atoms with Gasteiger partial charge in [0.2, 0.25) is 5.91 Å². The first-order valence-corrected chi connectivity index (χ1v) is 6.00. The minimum absolute atomic E-state index is 0.101. The average molecular weight is 223 g/mol. The highest BCUT2D eigenvalue weighted by molar-refractivity contribution is 5.78. The number of carbonyl (C=O) groups excluding carboxylic acids is 1. The van der Waals surface area contributed by atoms with Crippen molar-refractivity contribution in [3.8, 4) is 6.07 Å². The van der Waals surface area contributed by atoms with Crippen molar-refractivity contribution < 1.29 is 4.79 Å². The first-order valence-electron chi connectivity index (χ1n) is 6.00. The third-order valence-corrected chi connectivity index (χ3v) is 2.84. The summed E-state index contributed by atoms with van der Waals surface area (Å²) in [6.45, 7) is 7.12. The van der Waals surface area contributed by atoms with E-state index in [2.05, 4.69) is 30.1 Å². The smallest absolute Gasteiger partial charge is 0.234 e. The molecule has 0 aromatic carbocycles. The molecule has 90 valence electrons. The number of amides is 1. The second-order valence-electron chi connectivity index (χ2n) is 4.88. The summed E-state index contributed by atoms with van der Waals surface area (Å²) in [5.74, 6) is 0.785. The summed E-state index contributed by atoms with van der Waals surface area (Å²) in [5, 5.41) is 11.7. The van der Waals surface area contributed by atoms with Gasteiger partial charge in [0, 0.05) is 12.5 Å². The normalized spacial score (nSPS) is 18.4. The molecule has 1 fully saturated rings. The van der Waals surface area contributed by atoms with Crippen molar-refractivity contribution in [2.45, 2.75) is 26.7 Å². The van der Waals surface area contributed by atoms with Crippen LogP contribution in [0.2, 0.25) is 0 Å². The highest BCUT2D eigenvalue weighted by atomic mass is 16.2. The molecular formula is C12H21N3O. The summed E-state index contributed by atoms with van der Waals surface area (Å²) in [7, 11) is 0. The van der Waals surface area contributed by atoms with E-state index >= 15 is 0 Å². The van der Waals surface area contributed by atoms with Gasteiger partial charge in [0.05, 0.1) is 12.6 Å². The van der Waals surface area contributed by atoms with E-state index in [0.29, 0.717) is 12.5 Å². The Morgan fingerprint density at radius 3 is 2.62 bits per heavy atom. The topological polar surface area (TPSA) is 56.1 Å². The molecule has 0 aliphatic carbocycles. The van der Waals surface area contributed by atoms with Crippen molar-refractivity contribution >= 4 is 5.91 Å². The van der Waals surface area contributed by atoms with Gasteiger partial charge in [-0.2, -0.15) is 5.26 Å². The van der Waals surface area contributed by atoms with Gasteiger partial charge in [0.15, 0.2) is 0 Å². The Morgan fingerprint density at radius 2 is 2.12 bits per heavy atom. The van der Waals surface area contributed by atoms with Gasteiger partial charge >= 0.3 is 0 Å². The quantitative estimate of drug-likeness (QED) is 0.773. The van der Waals surface area contributed by atoms with Crippen LogP contribution in [-0.4, -0.2) is 37.0 Å². The molecular weight excluding hydrogens is 202 g/mol. The fourth-order valence-corrected chi connectivity index (χ4v) is 1.80. The Kier molecular flexibility index (Phi) is 5.27. The van der Waals surface area contributed by atoms with Crippen LogP contribution in [0.4, 0.5) is 0 Å². The average Bonchev–Trinajstić information content (AvgIpc) is 2.27. The van der Waals surface area contributed by atoms with E-state index in [4.69, 9.17) is 5.26 Å². The fraction of sp³-hybridized carbons (Fsp3) is 0.833. The highest BCUT2D eigenvalue weighted by Crippen LogP contribution is 2.15. The summed E-state index contributed by atoms with van der Waals surface area (Å²) >= 11 is 0. The number of nitriles is 1. The summed E-state index contributed by atoms with van der Waals surface area (Å²) in [6, 6.07) is 2.29. The van der Waals surface area contributed by atoms with Crippen LogP contribution in [0.3, 0.4) is 0 Å². The van der Waals surface area contributed by atoms with Gasteiger partial charge < -0.3 is 5.32 Å². The van der Waals surface area contributed by atoms with Crippen molar-refractivity contribution in [3.63, 3.8) is 0 Å². The van der Waals surface area contributed by atoms with Crippen molar-refractivity contribution in [3.05, 3.63) is 0 Å². The number of rotatable bonds is 4. The van der Waals surface area contributed by atoms with Crippen molar-refractivity contribution in [2.75, 3.05) is 26.2 Å². The molecule has 16 heavy (non-hydrogen) atoms. The van der Waals surface area contributed by atoms with Gasteiger partial charge in [0.25, 0.3) is 0 Å². The van der Waals surface area contributed by atoms with E-state index in [1.165, 1.54) is 0 Å². The molecule has 0 aromatic rings. The Bertz CT molecular complexity index is 262. The SMILES string of the molecule is CC(C)CNC(=O)CN1CCC(C#N)CC1. The predicted molar refractivity (Wildman–Crippen MR) is 62.6 cm³/mol. The molecule has 1 aliphatic rings. The van der Waals surface area contributed by atoms with Gasteiger partial charge in [-0.1, -0.05) is 13.8 Å². The first-order chi connectivity index (χ1) is 7.61. The number of carbonyl (C=O) groups is 1. The number of hydrogen-bond acceptors (Lipinski definition) is 3. The van der Waals surface area contributed by atoms with Gasteiger partial charge in [-0.25, -0.2) is 0 Å². The van der Waals surface area contributed by atoms with Crippen LogP contribution in [0, 0.1) is 23.2 Å². The third-order valence-electron chi connectivity index (χ3n) is 2.84. The van der Waals surface area contributed by atoms with Crippen molar-refractivity contribution in [2.24, 2.45) is 11.8 Å². The van der Waals surface area contributed by atoms with E-state index in [1.807, 2.05) is 0 Å². The van der Waals surface area contributed by atoms with Crippen LogP contribution in [0.15, 0.2) is 0 Å². The second kappa shape index (κ2) is 6.49. The second-order valence-corrected chi connectivity index (χ2v) is 4.88. The Labute approximate surface area is 97.6 Å². The van der Waals surface area contributed by atoms with E-state index in [1.54, 1.807) is 0 Å². The Hall–Kier alpha value is -1.08. The molecule has 0 atom stereocenters. The zero-order valence-corrected chi connectivity index (χ0v) is 10.2. The lowest BCUT2D eigenvalue weighted by molar-refractivity contribution is -0.122. The Morgan fingerprint density at radius 1 is 1.50 bits per heavy atom. The molecule has 4 heteroatoms. The number of hydrogen-bond donors (Lipinski definition) is 1. The van der Waals surface area contributed by atoms with Crippen LogP contribution in [-0.2, 0) is 4.79 Å². The number of likely N-dealkylation sites (tertiary alicyclic amines) is 1. The lowest BCUT2D eigenvalue weighted by atomic mass is 9.99. The van der Waals surface area contributed by atoms with Crippen molar-refractivity contribution in [1.82, 2.24) is 10.2 Å². The van der Waals surface area contributed by atoms with Gasteiger partial charge in [-0.05, 0) is 31.8 Å². The maximum Gasteiger partial charge on any atom is 0.234 e. The maximum absolute atomic E-state index is 11.5. The molecule has 1 amide bonds. The number of piperidine rings is 1. The Balaban J connectivity index is 2.18. The van der Waals surface area contributed by atoms with Crippen LogP contribution in [0.25, 0.3) is 0 Å². The molecule has 1 rings (SSSR count). The molecule has 0 aromatic heterocycles. The van der Waals surface area contributed by atoms with Gasteiger partial charge in [-0.3, -0.25) is 9.69 Å². The predicted octanol–water partition coefficient (Wildman–Crippen LogP) is 0.994. The van der Waals surface area contributed by atoms with Gasteiger partial charge in [-0.15, -0.1) is 0 Å². The molecule has 0 radical (unpaired) electrons. The molecule has 0 spiro atoms. The third kappa shape index (κ3) is 4.63. The lowest BCUT2D eigenvalue weighted by Gasteiger charge is -2.28. The monoisotopic (exact) mass is 223 g/mol. The summed E-state index contributed by atoms with van der Waals surface area (Å²) in [6.07, 6.45) is 1.79. The molecule has 1 saturated heterocycles. The van der Waals surface area contributed by atoms with E-state index in [9.17, 15) is 4.79 Å². The zero-order valence-electron chi connectivity index (χ0n) is 10.2. The first kappa shape index (κ1) is 13.0. The molecule has 0 bridgehead atoms. The standard InChI is InChI=1S/C12H21N3O/c1-10(2)8-14-12(16)9-15-5-3-11(7-13)4-6-15/h10-11H,3-6,8-9H2,1-2H3,(H,14,16). The summed E-state index contributed by atoms with van der Waals surface area (Å²) in [4.78, 5) is 13.7. The molecule has 4 nitrogen and oxygen atoms in total. The maximum atomic E-state index is 11.5. The largest absolute Gasteiger partial charge is 0.355 e. The van der Waals surface area contributed by atoms with E-state index in [-0.39, 0.29) is 11.8 Å². The van der Waals surface area contributed by atoms with Gasteiger partial charge in [0.1, 0.15) is 0 Å². The van der Waals surface area contributed by atoms with E-state index in [0.717, 1.165) is 32.5 Å². The zero-order chi connectivity index (χ0) is 12.0. The van der Waals surface area contributed by atoms with E-state index < -0.39 is 0 Å². The minimum Gasteiger partial charge on any atom is -0.355 e. The molecule has 1 heterocycles. The lowest BCUT2D eigenvalue weighted by Crippen LogP contribution is -2.42.